The predicted molar refractivity (Wildman–Crippen MR) is 25.0 cm³/mol. The van der Waals surface area contributed by atoms with Crippen LogP contribution in [0.5, 0.6) is 0 Å². The van der Waals surface area contributed by atoms with Crippen LogP contribution in [0.4, 0.5) is 0 Å². The Morgan fingerprint density at radius 2 is 1.12 bits per heavy atom. The fraction of sp³-hybridized carbons (Fsp3) is 0.750. The van der Waals surface area contributed by atoms with Gasteiger partial charge in [0.1, 0.15) is 6.79 Å². The van der Waals surface area contributed by atoms with Crippen molar-refractivity contribution in [2.45, 2.75) is 0 Å². The van der Waals surface area contributed by atoms with Gasteiger partial charge >= 0.3 is 0 Å². The summed E-state index contributed by atoms with van der Waals surface area (Å²) < 4.78 is 13.9. The SMILES string of the molecule is C1OCOCO1.C=O. The molecule has 0 aromatic carbocycles. The molecule has 4 heteroatoms. The van der Waals surface area contributed by atoms with Crippen molar-refractivity contribution in [2.75, 3.05) is 20.4 Å². The number of rotatable bonds is 0. The Hall–Kier alpha value is -0.450. The highest BCUT2D eigenvalue weighted by Gasteiger charge is 1.93. The van der Waals surface area contributed by atoms with E-state index >= 15 is 0 Å². The van der Waals surface area contributed by atoms with E-state index in [0.29, 0.717) is 20.4 Å². The van der Waals surface area contributed by atoms with Crippen LogP contribution in [0.3, 0.4) is 0 Å². The van der Waals surface area contributed by atoms with Crippen LogP contribution in [0.2, 0.25) is 0 Å². The molecule has 1 fully saturated rings. The summed E-state index contributed by atoms with van der Waals surface area (Å²) >= 11 is 0. The molecule has 0 unspecified atom stereocenters. The van der Waals surface area contributed by atoms with E-state index < -0.39 is 0 Å². The Morgan fingerprint density at radius 3 is 1.25 bits per heavy atom. The summed E-state index contributed by atoms with van der Waals surface area (Å²) in [6.45, 7) is 3.12. The molecule has 0 N–H and O–H groups in total. The zero-order chi connectivity index (χ0) is 6.24. The Kier molecular flexibility index (Phi) is 6.18. The zero-order valence-electron chi connectivity index (χ0n) is 4.46. The third-order valence-electron chi connectivity index (χ3n) is 0.500. The Morgan fingerprint density at radius 1 is 0.875 bits per heavy atom. The first-order valence-corrected chi connectivity index (χ1v) is 2.02. The lowest BCUT2D eigenvalue weighted by atomic mass is 11.2. The molecule has 8 heavy (non-hydrogen) atoms. The highest BCUT2D eigenvalue weighted by molar-refractivity contribution is 5.10. The van der Waals surface area contributed by atoms with Crippen LogP contribution < -0.4 is 0 Å². The Labute approximate surface area is 47.3 Å². The van der Waals surface area contributed by atoms with E-state index in [0.717, 1.165) is 0 Å². The first-order valence-electron chi connectivity index (χ1n) is 2.02. The van der Waals surface area contributed by atoms with E-state index in [4.69, 9.17) is 4.79 Å². The van der Waals surface area contributed by atoms with Crippen molar-refractivity contribution in [2.24, 2.45) is 0 Å². The predicted octanol–water partition coefficient (Wildman–Crippen LogP) is -0.263. The Bertz CT molecular complexity index is 31.8. The molecule has 0 aliphatic carbocycles. The molecule has 1 heterocycles. The van der Waals surface area contributed by atoms with E-state index in [-0.39, 0.29) is 0 Å². The van der Waals surface area contributed by atoms with Crippen LogP contribution in [0, 0.1) is 0 Å². The molecule has 0 amide bonds. The van der Waals surface area contributed by atoms with Gasteiger partial charge in [-0.25, -0.2) is 0 Å². The van der Waals surface area contributed by atoms with Crippen LogP contribution in [-0.2, 0) is 19.0 Å². The van der Waals surface area contributed by atoms with Gasteiger partial charge in [0, 0.05) is 0 Å². The summed E-state index contributed by atoms with van der Waals surface area (Å²) in [4.78, 5) is 8.00. The van der Waals surface area contributed by atoms with Gasteiger partial charge in [-0.05, 0) is 0 Å². The normalized spacial score (nSPS) is 18.5. The van der Waals surface area contributed by atoms with Crippen molar-refractivity contribution >= 4 is 6.79 Å². The molecule has 0 aromatic rings. The van der Waals surface area contributed by atoms with Gasteiger partial charge in [-0.2, -0.15) is 0 Å². The van der Waals surface area contributed by atoms with Crippen molar-refractivity contribution in [3.05, 3.63) is 0 Å². The second-order valence-electron chi connectivity index (χ2n) is 0.966. The van der Waals surface area contributed by atoms with Crippen molar-refractivity contribution < 1.29 is 19.0 Å². The van der Waals surface area contributed by atoms with Crippen molar-refractivity contribution in [3.63, 3.8) is 0 Å². The lowest BCUT2D eigenvalue weighted by molar-refractivity contribution is -0.247. The van der Waals surface area contributed by atoms with Gasteiger partial charge in [-0.3, -0.25) is 0 Å². The first kappa shape index (κ1) is 7.55. The van der Waals surface area contributed by atoms with Gasteiger partial charge in [0.25, 0.3) is 0 Å². The number of carbonyl (C=O) groups is 1. The fourth-order valence-electron chi connectivity index (χ4n) is 0.279. The molecule has 0 spiro atoms. The standard InChI is InChI=1S/C3H6O3.CH2O/c1-4-2-6-3-5-1;1-2/h1-3H2;1H2. The average Bonchev–Trinajstić information content (AvgIpc) is 1.96. The maximum absolute atomic E-state index is 8.00. The molecular formula is C4H8O4. The lowest BCUT2D eigenvalue weighted by Crippen LogP contribution is -2.14. The van der Waals surface area contributed by atoms with Gasteiger partial charge in [0.2, 0.25) is 0 Å². The number of hydrogen-bond acceptors (Lipinski definition) is 4. The highest BCUT2D eigenvalue weighted by Crippen LogP contribution is 1.87. The minimum absolute atomic E-state index is 0.375. The molecular weight excluding hydrogens is 112 g/mol. The van der Waals surface area contributed by atoms with Gasteiger partial charge in [-0.15, -0.1) is 0 Å². The molecule has 1 saturated heterocycles. The number of carbonyl (C=O) groups excluding carboxylic acids is 1. The van der Waals surface area contributed by atoms with E-state index in [9.17, 15) is 0 Å². The van der Waals surface area contributed by atoms with E-state index in [1.165, 1.54) is 0 Å². The molecule has 1 aliphatic heterocycles. The summed E-state index contributed by atoms with van der Waals surface area (Å²) in [5, 5.41) is 0. The molecule has 0 aromatic heterocycles. The van der Waals surface area contributed by atoms with Gasteiger partial charge in [-0.1, -0.05) is 0 Å². The average molecular weight is 120 g/mol. The summed E-state index contributed by atoms with van der Waals surface area (Å²) in [5.74, 6) is 0. The van der Waals surface area contributed by atoms with Gasteiger partial charge in [0.05, 0.1) is 0 Å². The van der Waals surface area contributed by atoms with E-state index in [1.54, 1.807) is 0 Å². The molecule has 0 saturated carbocycles. The van der Waals surface area contributed by atoms with Crippen LogP contribution in [0.1, 0.15) is 0 Å². The molecule has 48 valence electrons. The summed E-state index contributed by atoms with van der Waals surface area (Å²) in [7, 11) is 0. The van der Waals surface area contributed by atoms with Gasteiger partial charge in [0.15, 0.2) is 20.4 Å². The maximum Gasteiger partial charge on any atom is 0.152 e. The summed E-state index contributed by atoms with van der Waals surface area (Å²) in [5.41, 5.74) is 0. The smallest absolute Gasteiger partial charge is 0.152 e. The van der Waals surface area contributed by atoms with Crippen molar-refractivity contribution in [3.8, 4) is 0 Å². The second kappa shape index (κ2) is 6.55. The number of ether oxygens (including phenoxy) is 3. The van der Waals surface area contributed by atoms with Crippen LogP contribution >= 0.6 is 0 Å². The van der Waals surface area contributed by atoms with Crippen LogP contribution in [0.25, 0.3) is 0 Å². The monoisotopic (exact) mass is 120 g/mol. The minimum atomic E-state index is 0.375. The summed E-state index contributed by atoms with van der Waals surface area (Å²) in [6.07, 6.45) is 0. The quantitative estimate of drug-likeness (QED) is 0.441. The Balaban J connectivity index is 0.000000222. The lowest BCUT2D eigenvalue weighted by Gasteiger charge is -2.10. The maximum atomic E-state index is 8.00. The van der Waals surface area contributed by atoms with Crippen LogP contribution in [-0.4, -0.2) is 27.2 Å². The molecule has 1 aliphatic rings. The number of hydrogen-bond donors (Lipinski definition) is 0. The third kappa shape index (κ3) is 3.73. The summed E-state index contributed by atoms with van der Waals surface area (Å²) in [6, 6.07) is 0. The zero-order valence-corrected chi connectivity index (χ0v) is 4.46. The van der Waals surface area contributed by atoms with E-state index in [1.807, 2.05) is 6.79 Å². The molecule has 0 atom stereocenters. The molecule has 0 radical (unpaired) electrons. The first-order chi connectivity index (χ1) is 4.00. The second-order valence-corrected chi connectivity index (χ2v) is 0.966. The van der Waals surface area contributed by atoms with E-state index in [2.05, 4.69) is 14.2 Å². The fourth-order valence-corrected chi connectivity index (χ4v) is 0.279. The van der Waals surface area contributed by atoms with Crippen molar-refractivity contribution in [1.82, 2.24) is 0 Å². The van der Waals surface area contributed by atoms with Crippen LogP contribution in [0.15, 0.2) is 0 Å². The largest absolute Gasteiger partial charge is 0.329 e. The molecule has 0 bridgehead atoms. The van der Waals surface area contributed by atoms with Crippen molar-refractivity contribution in [1.29, 1.82) is 0 Å². The third-order valence-corrected chi connectivity index (χ3v) is 0.500. The molecule has 1 rings (SSSR count). The van der Waals surface area contributed by atoms with Gasteiger partial charge < -0.3 is 19.0 Å². The topological polar surface area (TPSA) is 44.8 Å². The highest BCUT2D eigenvalue weighted by atomic mass is 16.8. The minimum Gasteiger partial charge on any atom is -0.329 e. The molecule has 4 nitrogen and oxygen atoms in total.